The number of hydrogen-bond donors (Lipinski definition) is 11. The van der Waals surface area contributed by atoms with Gasteiger partial charge in [-0.15, -0.1) is 0 Å². The Bertz CT molecular complexity index is 1830. The summed E-state index contributed by atoms with van der Waals surface area (Å²) in [7, 11) is 1.32. The first-order chi connectivity index (χ1) is 33.0. The van der Waals surface area contributed by atoms with E-state index in [1.54, 1.807) is 89.2 Å². The van der Waals surface area contributed by atoms with Crippen molar-refractivity contribution < 1.29 is 82.7 Å². The smallest absolute Gasteiger partial charge is 0.410 e. The second-order valence-corrected chi connectivity index (χ2v) is 23.0. The summed E-state index contributed by atoms with van der Waals surface area (Å²) >= 11 is 0. The highest BCUT2D eigenvalue weighted by atomic mass is 16.7. The van der Waals surface area contributed by atoms with Gasteiger partial charge in [0.25, 0.3) is 0 Å². The summed E-state index contributed by atoms with van der Waals surface area (Å²) in [6.45, 7) is 21.3. The van der Waals surface area contributed by atoms with Crippen LogP contribution >= 0.6 is 0 Å². The van der Waals surface area contributed by atoms with Gasteiger partial charge >= 0.3 is 24.4 Å². The molecule has 2 unspecified atom stereocenters. The number of nitrogens with two attached hydrogens (primary N) is 1. The highest BCUT2D eigenvalue weighted by molar-refractivity contribution is 5.81. The number of nitrogens with zero attached hydrogens (tertiary/aromatic N) is 1. The monoisotopic (exact) mass is 1030 g/mol. The highest BCUT2D eigenvalue weighted by Gasteiger charge is 2.56. The number of amides is 5. The van der Waals surface area contributed by atoms with Crippen LogP contribution in [-0.2, 0) is 38.0 Å². The molecule has 3 aliphatic rings. The van der Waals surface area contributed by atoms with E-state index in [4.69, 9.17) is 38.9 Å². The van der Waals surface area contributed by atoms with Gasteiger partial charge in [-0.05, 0) is 135 Å². The molecule has 24 nitrogen and oxygen atoms in total. The lowest BCUT2D eigenvalue weighted by Gasteiger charge is -2.52. The molecule has 0 aromatic rings. The van der Waals surface area contributed by atoms with Crippen LogP contribution in [0.1, 0.15) is 122 Å². The maximum Gasteiger partial charge on any atom is 0.410 e. The first kappa shape index (κ1) is 62.0. The lowest BCUT2D eigenvalue weighted by Crippen LogP contribution is -2.71. The number of ether oxygens (including phenoxy) is 7. The largest absolute Gasteiger partial charge is 0.491 e. The maximum absolute atomic E-state index is 13.9. The summed E-state index contributed by atoms with van der Waals surface area (Å²) in [5.74, 6) is -1.88. The predicted octanol–water partition coefficient (Wildman–Crippen LogP) is 1.37. The molecule has 2 aliphatic heterocycles. The molecular formula is C48H87N7O17. The van der Waals surface area contributed by atoms with Gasteiger partial charge in [0, 0.05) is 32.1 Å². The van der Waals surface area contributed by atoms with Crippen LogP contribution < -0.4 is 32.3 Å². The van der Waals surface area contributed by atoms with Crippen molar-refractivity contribution in [2.24, 2.45) is 11.7 Å². The molecule has 13 atom stereocenters. The molecule has 72 heavy (non-hydrogen) atoms. The zero-order valence-electron chi connectivity index (χ0n) is 44.7. The van der Waals surface area contributed by atoms with E-state index in [1.807, 2.05) is 0 Å². The Hall–Kier alpha value is -4.27. The quantitative estimate of drug-likeness (QED) is 0.0864. The topological polar surface area (TPSA) is 341 Å². The minimum atomic E-state index is -1.88. The summed E-state index contributed by atoms with van der Waals surface area (Å²) in [5.41, 5.74) is 0.0663. The van der Waals surface area contributed by atoms with Crippen molar-refractivity contribution in [2.75, 3.05) is 39.8 Å². The first-order valence-electron chi connectivity index (χ1n) is 24.7. The van der Waals surface area contributed by atoms with E-state index >= 15 is 0 Å². The number of aliphatic hydroxyl groups is 5. The number of rotatable bonds is 18. The van der Waals surface area contributed by atoms with Crippen LogP contribution in [0, 0.1) is 5.92 Å². The van der Waals surface area contributed by atoms with E-state index < -0.39 is 138 Å². The minimum absolute atomic E-state index is 0.0934. The summed E-state index contributed by atoms with van der Waals surface area (Å²) in [6, 6.07) is -4.88. The minimum Gasteiger partial charge on any atom is -0.491 e. The molecule has 5 amide bonds. The van der Waals surface area contributed by atoms with Crippen molar-refractivity contribution in [2.45, 2.75) is 217 Å². The van der Waals surface area contributed by atoms with E-state index in [2.05, 4.69) is 26.6 Å². The molecular weight excluding hydrogens is 947 g/mol. The zero-order valence-corrected chi connectivity index (χ0v) is 44.7. The van der Waals surface area contributed by atoms with E-state index in [0.717, 1.165) is 4.90 Å². The third-order valence-electron chi connectivity index (χ3n) is 11.5. The number of likely N-dealkylation sites (N-methyl/N-ethyl adjacent to an activating group) is 1. The Kier molecular flexibility index (Phi) is 22.2. The molecule has 24 heteroatoms. The van der Waals surface area contributed by atoms with Gasteiger partial charge in [0.15, 0.2) is 6.29 Å². The van der Waals surface area contributed by atoms with Gasteiger partial charge in [-0.3, -0.25) is 4.79 Å². The molecule has 0 aromatic carbocycles. The van der Waals surface area contributed by atoms with Crippen LogP contribution in [0.15, 0.2) is 11.8 Å². The fraction of sp³-hybridized carbons (Fsp3) is 0.854. The molecule has 1 aliphatic carbocycles. The van der Waals surface area contributed by atoms with Crippen LogP contribution in [-0.4, -0.2) is 196 Å². The molecule has 0 radical (unpaired) electrons. The zero-order chi connectivity index (χ0) is 54.7. The molecule has 0 aromatic heterocycles. The van der Waals surface area contributed by atoms with Gasteiger partial charge in [-0.1, -0.05) is 0 Å². The lowest BCUT2D eigenvalue weighted by molar-refractivity contribution is -0.305. The van der Waals surface area contributed by atoms with Crippen molar-refractivity contribution in [3.05, 3.63) is 11.8 Å². The molecule has 3 rings (SSSR count). The summed E-state index contributed by atoms with van der Waals surface area (Å²) < 4.78 is 41.1. The molecule has 1 saturated heterocycles. The number of carbonyl (C=O) groups excluding carboxylic acids is 5. The van der Waals surface area contributed by atoms with Crippen LogP contribution in [0.25, 0.3) is 0 Å². The standard InChI is InChI=1S/C48H87N7O17/c1-44(2,3)69-40(61)51-21-19-31(57)38(60)52-30-22-29(54-42(63)71-46(7,8)9)32(33(58)36(30)68-39-34(59)37(48(13,65)25-66-39)55(14)43(64)72-47(10,11)12)35-28(53-41(62)70-45(4,5)6)18-17-27(67-35)24-50-23-26(56)16-15-20-49/h17,26,28-37,39,50,56-59,65H,15-16,18-25,49H2,1-14H3,(H,51,61)(H,52,60)(H,53,62)(H,54,63)/t26?,28-,29+,30-,31+,32-,33+,34-,35?,36+,37-,39-,48+/m1/s1. The molecule has 416 valence electrons. The number of hydrogen-bond acceptors (Lipinski definition) is 19. The van der Waals surface area contributed by atoms with Gasteiger partial charge in [-0.2, -0.15) is 0 Å². The molecule has 0 spiro atoms. The lowest BCUT2D eigenvalue weighted by atomic mass is 9.72. The van der Waals surface area contributed by atoms with Gasteiger partial charge in [0.05, 0.1) is 43.5 Å². The van der Waals surface area contributed by atoms with Crippen molar-refractivity contribution in [1.82, 2.24) is 31.5 Å². The predicted molar refractivity (Wildman–Crippen MR) is 261 cm³/mol. The van der Waals surface area contributed by atoms with Crippen molar-refractivity contribution in [1.29, 1.82) is 0 Å². The van der Waals surface area contributed by atoms with E-state index in [1.165, 1.54) is 14.0 Å². The number of carbonyl (C=O) groups is 5. The average Bonchev–Trinajstić information content (AvgIpc) is 3.20. The van der Waals surface area contributed by atoms with Crippen molar-refractivity contribution >= 4 is 30.3 Å². The normalized spacial score (nSPS) is 29.0. The SMILES string of the molecule is CN(C(=O)OC(C)(C)C)[C@@H]1[C@@H](O)[C@@H](O[C@@H]2[C@@H](O)[C@H](C3OC(CNCC(O)CCCN)=CC[C@H]3NC(=O)OC(C)(C)C)[C@@H](NC(=O)OC(C)(C)C)C[C@H]2NC(=O)[C@@H](O)CCNC(=O)OC(C)(C)C)OC[C@]1(C)O. The van der Waals surface area contributed by atoms with Crippen LogP contribution in [0.5, 0.6) is 0 Å². The molecule has 2 heterocycles. The summed E-state index contributed by atoms with van der Waals surface area (Å²) in [5, 5.41) is 72.1. The number of aliphatic hydroxyl groups excluding tert-OH is 4. The average molecular weight is 1030 g/mol. The van der Waals surface area contributed by atoms with E-state index in [9.17, 15) is 49.5 Å². The second-order valence-electron chi connectivity index (χ2n) is 23.0. The van der Waals surface area contributed by atoms with Gasteiger partial charge < -0.3 is 95.9 Å². The van der Waals surface area contributed by atoms with Crippen LogP contribution in [0.3, 0.4) is 0 Å². The Morgan fingerprint density at radius 1 is 0.806 bits per heavy atom. The maximum atomic E-state index is 13.9. The van der Waals surface area contributed by atoms with Gasteiger partial charge in [0.2, 0.25) is 5.91 Å². The first-order valence-corrected chi connectivity index (χ1v) is 24.7. The Labute approximate surface area is 424 Å². The third kappa shape index (κ3) is 20.2. The Morgan fingerprint density at radius 3 is 1.92 bits per heavy atom. The van der Waals surface area contributed by atoms with Crippen molar-refractivity contribution in [3.63, 3.8) is 0 Å². The van der Waals surface area contributed by atoms with Gasteiger partial charge in [-0.25, -0.2) is 19.2 Å². The van der Waals surface area contributed by atoms with E-state index in [-0.39, 0.29) is 38.9 Å². The van der Waals surface area contributed by atoms with Crippen LogP contribution in [0.4, 0.5) is 19.2 Å². The molecule has 1 saturated carbocycles. The third-order valence-corrected chi connectivity index (χ3v) is 11.5. The fourth-order valence-electron chi connectivity index (χ4n) is 8.54. The Balaban J connectivity index is 2.16. The van der Waals surface area contributed by atoms with Crippen molar-refractivity contribution in [3.8, 4) is 0 Å². The molecule has 12 N–H and O–H groups in total. The highest BCUT2D eigenvalue weighted by Crippen LogP contribution is 2.39. The molecule has 2 fully saturated rings. The fourth-order valence-corrected chi connectivity index (χ4v) is 8.54. The molecule has 0 bridgehead atoms. The summed E-state index contributed by atoms with van der Waals surface area (Å²) in [6.07, 6.45) is -11.7. The number of nitrogens with one attached hydrogen (secondary N) is 5. The summed E-state index contributed by atoms with van der Waals surface area (Å²) in [4.78, 5) is 67.8. The van der Waals surface area contributed by atoms with E-state index in [0.29, 0.717) is 25.1 Å². The van der Waals surface area contributed by atoms with Crippen LogP contribution in [0.2, 0.25) is 0 Å². The Morgan fingerprint density at radius 2 is 1.36 bits per heavy atom. The second kappa shape index (κ2) is 25.8. The van der Waals surface area contributed by atoms with Gasteiger partial charge in [0.1, 0.15) is 58.2 Å². The number of alkyl carbamates (subject to hydrolysis) is 3.